The Hall–Kier alpha value is -1.94. The lowest BCUT2D eigenvalue weighted by atomic mass is 9.94. The van der Waals surface area contributed by atoms with Gasteiger partial charge < -0.3 is 10.5 Å². The van der Waals surface area contributed by atoms with Gasteiger partial charge >= 0.3 is 0 Å². The molecule has 0 aliphatic carbocycles. The van der Waals surface area contributed by atoms with E-state index in [2.05, 4.69) is 0 Å². The van der Waals surface area contributed by atoms with Crippen molar-refractivity contribution in [1.29, 1.82) is 0 Å². The summed E-state index contributed by atoms with van der Waals surface area (Å²) in [7, 11) is 0. The lowest BCUT2D eigenvalue weighted by molar-refractivity contribution is 0.300. The van der Waals surface area contributed by atoms with E-state index in [0.717, 1.165) is 12.8 Å². The third kappa shape index (κ3) is 4.53. The van der Waals surface area contributed by atoms with Crippen LogP contribution in [0.4, 0.5) is 8.78 Å². The van der Waals surface area contributed by atoms with Crippen molar-refractivity contribution in [3.8, 4) is 5.75 Å². The van der Waals surface area contributed by atoms with E-state index in [9.17, 15) is 8.78 Å². The fraction of sp³-hybridized carbons (Fsp3) is 0.294. The van der Waals surface area contributed by atoms with Gasteiger partial charge in [-0.05, 0) is 49.1 Å². The maximum atomic E-state index is 13.7. The van der Waals surface area contributed by atoms with Crippen molar-refractivity contribution in [1.82, 2.24) is 0 Å². The van der Waals surface area contributed by atoms with Crippen LogP contribution in [-0.4, -0.2) is 13.2 Å². The summed E-state index contributed by atoms with van der Waals surface area (Å²) in [5.41, 5.74) is 6.37. The Morgan fingerprint density at radius 2 is 1.86 bits per heavy atom. The van der Waals surface area contributed by atoms with Crippen LogP contribution in [0, 0.1) is 11.6 Å². The van der Waals surface area contributed by atoms with Gasteiger partial charge in [0.2, 0.25) is 0 Å². The quantitative estimate of drug-likeness (QED) is 0.786. The highest BCUT2D eigenvalue weighted by atomic mass is 19.1. The highest BCUT2D eigenvalue weighted by molar-refractivity contribution is 5.23. The highest BCUT2D eigenvalue weighted by Gasteiger charge is 2.13. The van der Waals surface area contributed by atoms with E-state index in [1.54, 1.807) is 24.3 Å². The summed E-state index contributed by atoms with van der Waals surface area (Å²) in [6.45, 7) is 0.843. The second-order valence-corrected chi connectivity index (χ2v) is 4.90. The third-order valence-corrected chi connectivity index (χ3v) is 3.39. The average Bonchev–Trinajstić information content (AvgIpc) is 2.49. The van der Waals surface area contributed by atoms with Crippen molar-refractivity contribution in [2.75, 3.05) is 13.2 Å². The van der Waals surface area contributed by atoms with Crippen LogP contribution in [0.2, 0.25) is 0 Å². The molecule has 0 fully saturated rings. The van der Waals surface area contributed by atoms with Gasteiger partial charge in [0.05, 0.1) is 6.61 Å². The van der Waals surface area contributed by atoms with Crippen LogP contribution in [0.25, 0.3) is 0 Å². The smallest absolute Gasteiger partial charge is 0.126 e. The van der Waals surface area contributed by atoms with E-state index in [1.807, 2.05) is 6.07 Å². The first-order valence-electron chi connectivity index (χ1n) is 7.03. The van der Waals surface area contributed by atoms with Gasteiger partial charge in [-0.25, -0.2) is 8.78 Å². The summed E-state index contributed by atoms with van der Waals surface area (Å²) in [5, 5.41) is 0. The van der Waals surface area contributed by atoms with Crippen LogP contribution >= 0.6 is 0 Å². The molecule has 0 saturated carbocycles. The van der Waals surface area contributed by atoms with E-state index in [4.69, 9.17) is 10.5 Å². The van der Waals surface area contributed by atoms with Crippen molar-refractivity contribution in [2.24, 2.45) is 5.73 Å². The fourth-order valence-electron chi connectivity index (χ4n) is 2.28. The second-order valence-electron chi connectivity index (χ2n) is 4.90. The van der Waals surface area contributed by atoms with Crippen molar-refractivity contribution in [3.05, 3.63) is 65.7 Å². The maximum absolute atomic E-state index is 13.7. The second kappa shape index (κ2) is 7.74. The van der Waals surface area contributed by atoms with Crippen LogP contribution < -0.4 is 10.5 Å². The molecule has 1 unspecified atom stereocenters. The third-order valence-electron chi connectivity index (χ3n) is 3.39. The summed E-state index contributed by atoms with van der Waals surface area (Å²) in [5.74, 6) is -0.0646. The number of ether oxygens (including phenoxy) is 1. The molecule has 4 heteroatoms. The van der Waals surface area contributed by atoms with E-state index >= 15 is 0 Å². The van der Waals surface area contributed by atoms with Gasteiger partial charge in [0.15, 0.2) is 0 Å². The summed E-state index contributed by atoms with van der Waals surface area (Å²) < 4.78 is 32.2. The van der Waals surface area contributed by atoms with Crippen molar-refractivity contribution < 1.29 is 13.5 Å². The van der Waals surface area contributed by atoms with Gasteiger partial charge in [0.1, 0.15) is 17.4 Å². The maximum Gasteiger partial charge on any atom is 0.126 e. The molecule has 0 aliphatic heterocycles. The Balaban J connectivity index is 1.83. The molecule has 0 aliphatic rings. The van der Waals surface area contributed by atoms with E-state index in [0.29, 0.717) is 24.5 Å². The van der Waals surface area contributed by atoms with Gasteiger partial charge in [-0.1, -0.05) is 24.3 Å². The topological polar surface area (TPSA) is 35.2 Å². The Morgan fingerprint density at radius 1 is 1.05 bits per heavy atom. The number of hydrogen-bond acceptors (Lipinski definition) is 2. The van der Waals surface area contributed by atoms with Crippen LogP contribution in [0.3, 0.4) is 0 Å². The van der Waals surface area contributed by atoms with Crippen LogP contribution in [0.15, 0.2) is 48.5 Å². The molecule has 0 spiro atoms. The number of rotatable bonds is 7. The van der Waals surface area contributed by atoms with Crippen LogP contribution in [0.5, 0.6) is 5.75 Å². The van der Waals surface area contributed by atoms with Crippen molar-refractivity contribution in [3.63, 3.8) is 0 Å². The Kier molecular flexibility index (Phi) is 5.69. The largest absolute Gasteiger partial charge is 0.493 e. The number of halogens is 2. The predicted octanol–water partition coefficient (Wildman–Crippen LogP) is 3.87. The summed E-state index contributed by atoms with van der Waals surface area (Å²) in [4.78, 5) is 0. The monoisotopic (exact) mass is 291 g/mol. The Morgan fingerprint density at radius 3 is 2.57 bits per heavy atom. The predicted molar refractivity (Wildman–Crippen MR) is 79.3 cm³/mol. The minimum atomic E-state index is -0.321. The highest BCUT2D eigenvalue weighted by Crippen LogP contribution is 2.23. The lowest BCUT2D eigenvalue weighted by Crippen LogP contribution is -2.15. The molecule has 2 rings (SSSR count). The van der Waals surface area contributed by atoms with Gasteiger partial charge in [-0.2, -0.15) is 0 Å². The first-order valence-corrected chi connectivity index (χ1v) is 7.03. The molecule has 0 heterocycles. The molecule has 2 aromatic rings. The molecule has 1 atom stereocenters. The molecule has 2 nitrogen and oxygen atoms in total. The Labute approximate surface area is 123 Å². The van der Waals surface area contributed by atoms with Gasteiger partial charge in [-0.15, -0.1) is 0 Å². The molecule has 0 saturated heterocycles. The van der Waals surface area contributed by atoms with Gasteiger partial charge in [0, 0.05) is 6.07 Å². The minimum absolute atomic E-state index is 0.0256. The van der Waals surface area contributed by atoms with E-state index in [1.165, 1.54) is 18.2 Å². The van der Waals surface area contributed by atoms with Gasteiger partial charge in [-0.3, -0.25) is 0 Å². The summed E-state index contributed by atoms with van der Waals surface area (Å²) >= 11 is 0. The first-order chi connectivity index (χ1) is 10.2. The Bertz CT molecular complexity index is 574. The van der Waals surface area contributed by atoms with Crippen LogP contribution in [0.1, 0.15) is 24.3 Å². The molecule has 0 aromatic heterocycles. The summed E-state index contributed by atoms with van der Waals surface area (Å²) in [6.07, 6.45) is 1.46. The summed E-state index contributed by atoms with van der Waals surface area (Å²) in [6, 6.07) is 12.7. The molecule has 0 radical (unpaired) electrons. The molecule has 2 aromatic carbocycles. The van der Waals surface area contributed by atoms with E-state index in [-0.39, 0.29) is 17.6 Å². The molecule has 0 bridgehead atoms. The molecule has 112 valence electrons. The SMILES string of the molecule is NCC(CCCOc1cccc(F)c1)c1ccccc1F. The molecule has 0 amide bonds. The standard InChI is InChI=1S/C17H19F2NO/c18-14-6-3-7-15(11-14)21-10-4-5-13(12-20)16-8-1-2-9-17(16)19/h1-3,6-9,11,13H,4-5,10,12,20H2. The molecule has 2 N–H and O–H groups in total. The number of benzene rings is 2. The molecule has 21 heavy (non-hydrogen) atoms. The van der Waals surface area contributed by atoms with E-state index < -0.39 is 0 Å². The molecular formula is C17H19F2NO. The minimum Gasteiger partial charge on any atom is -0.493 e. The average molecular weight is 291 g/mol. The fourth-order valence-corrected chi connectivity index (χ4v) is 2.28. The zero-order chi connectivity index (χ0) is 15.1. The lowest BCUT2D eigenvalue weighted by Gasteiger charge is -2.16. The number of hydrogen-bond donors (Lipinski definition) is 1. The molecular weight excluding hydrogens is 272 g/mol. The zero-order valence-corrected chi connectivity index (χ0v) is 11.8. The van der Waals surface area contributed by atoms with Crippen molar-refractivity contribution >= 4 is 0 Å². The van der Waals surface area contributed by atoms with Gasteiger partial charge in [0.25, 0.3) is 0 Å². The van der Waals surface area contributed by atoms with Crippen molar-refractivity contribution in [2.45, 2.75) is 18.8 Å². The number of nitrogens with two attached hydrogens (primary N) is 1. The first kappa shape index (κ1) is 15.4. The normalized spacial score (nSPS) is 12.1. The van der Waals surface area contributed by atoms with Crippen LogP contribution in [-0.2, 0) is 0 Å². The zero-order valence-electron chi connectivity index (χ0n) is 11.8.